The third-order valence-electron chi connectivity index (χ3n) is 3.12. The van der Waals surface area contributed by atoms with Crippen LogP contribution in [0.1, 0.15) is 30.0 Å². The van der Waals surface area contributed by atoms with Crippen LogP contribution in [0.2, 0.25) is 0 Å². The maximum absolute atomic E-state index is 12.1. The minimum Gasteiger partial charge on any atom is -0.448 e. The zero-order valence-electron chi connectivity index (χ0n) is 14.1. The predicted octanol–water partition coefficient (Wildman–Crippen LogP) is 1.93. The summed E-state index contributed by atoms with van der Waals surface area (Å²) in [5.41, 5.74) is 1.83. The number of rotatable bonds is 5. The molecule has 1 atom stereocenters. The van der Waals surface area contributed by atoms with Crippen LogP contribution in [0.25, 0.3) is 0 Å². The molecule has 0 bridgehead atoms. The highest BCUT2D eigenvalue weighted by atomic mass is 16.5. The molecule has 2 N–H and O–H groups in total. The second-order valence-electron chi connectivity index (χ2n) is 5.34. The Morgan fingerprint density at radius 3 is 2.12 bits per heavy atom. The fourth-order valence-corrected chi connectivity index (χ4v) is 1.86. The lowest BCUT2D eigenvalue weighted by Crippen LogP contribution is -2.30. The van der Waals surface area contributed by atoms with Crippen LogP contribution in [0.5, 0.6) is 0 Å². The minimum atomic E-state index is -1.01. The van der Waals surface area contributed by atoms with Crippen LogP contribution in [-0.2, 0) is 14.3 Å². The van der Waals surface area contributed by atoms with Crippen molar-refractivity contribution in [2.75, 3.05) is 10.6 Å². The van der Waals surface area contributed by atoms with Gasteiger partial charge in [-0.1, -0.05) is 0 Å². The molecule has 8 nitrogen and oxygen atoms in total. The van der Waals surface area contributed by atoms with Crippen molar-refractivity contribution in [3.8, 4) is 0 Å². The number of hydrogen-bond donors (Lipinski definition) is 2. The Morgan fingerprint density at radius 2 is 1.60 bits per heavy atom. The number of nitrogens with one attached hydrogen (secondary N) is 2. The Morgan fingerprint density at radius 1 is 1.00 bits per heavy atom. The summed E-state index contributed by atoms with van der Waals surface area (Å²) in [6.45, 7) is 4.61. The van der Waals surface area contributed by atoms with Crippen molar-refractivity contribution < 1.29 is 19.1 Å². The summed E-state index contributed by atoms with van der Waals surface area (Å²) >= 11 is 0. The van der Waals surface area contributed by atoms with Gasteiger partial charge in [-0.2, -0.15) is 0 Å². The molecule has 0 radical (unpaired) electrons. The van der Waals surface area contributed by atoms with Crippen LogP contribution >= 0.6 is 0 Å². The molecule has 2 rings (SSSR count). The monoisotopic (exact) mass is 342 g/mol. The maximum atomic E-state index is 12.1. The van der Waals surface area contributed by atoms with Gasteiger partial charge in [-0.25, -0.2) is 9.78 Å². The van der Waals surface area contributed by atoms with Gasteiger partial charge in [0.2, 0.25) is 5.91 Å². The number of esters is 1. The van der Waals surface area contributed by atoms with E-state index in [2.05, 4.69) is 20.6 Å². The van der Waals surface area contributed by atoms with Gasteiger partial charge in [0.05, 0.1) is 11.9 Å². The van der Waals surface area contributed by atoms with Crippen molar-refractivity contribution in [1.29, 1.82) is 0 Å². The summed E-state index contributed by atoms with van der Waals surface area (Å²) in [6.07, 6.45) is 1.73. The molecule has 1 aromatic heterocycles. The van der Waals surface area contributed by atoms with E-state index in [0.29, 0.717) is 17.1 Å². The van der Waals surface area contributed by atoms with Crippen LogP contribution in [0.4, 0.5) is 11.4 Å². The zero-order chi connectivity index (χ0) is 18.4. The van der Waals surface area contributed by atoms with E-state index in [1.54, 1.807) is 31.2 Å². The first kappa shape index (κ1) is 18.1. The number of benzene rings is 1. The summed E-state index contributed by atoms with van der Waals surface area (Å²) in [7, 11) is 0. The lowest BCUT2D eigenvalue weighted by molar-refractivity contribution is -0.123. The second kappa shape index (κ2) is 8.00. The molecule has 0 unspecified atom stereocenters. The largest absolute Gasteiger partial charge is 0.448 e. The van der Waals surface area contributed by atoms with Gasteiger partial charge in [0.15, 0.2) is 11.8 Å². The van der Waals surface area contributed by atoms with Gasteiger partial charge in [0.25, 0.3) is 5.91 Å². The second-order valence-corrected chi connectivity index (χ2v) is 5.34. The van der Waals surface area contributed by atoms with E-state index in [1.807, 2.05) is 0 Å². The Bertz CT molecular complexity index is 772. The lowest BCUT2D eigenvalue weighted by atomic mass is 10.2. The number of anilines is 2. The molecule has 0 aliphatic carbocycles. The van der Waals surface area contributed by atoms with Crippen LogP contribution in [0.3, 0.4) is 0 Å². The van der Waals surface area contributed by atoms with Crippen molar-refractivity contribution in [2.45, 2.75) is 26.9 Å². The van der Waals surface area contributed by atoms with Crippen molar-refractivity contribution in [1.82, 2.24) is 9.97 Å². The van der Waals surface area contributed by atoms with Crippen LogP contribution < -0.4 is 10.6 Å². The molecular weight excluding hydrogens is 324 g/mol. The molecule has 1 aromatic carbocycles. The standard InChI is InChI=1S/C17H18N4O4/c1-10-8-19-15(9-18-10)17(24)25-11(2)16(23)21-14-6-4-13(5-7-14)20-12(3)22/h4-9,11H,1-3H3,(H,20,22)(H,21,23)/t11-/m1/s1. The molecule has 25 heavy (non-hydrogen) atoms. The molecule has 0 fully saturated rings. The van der Waals surface area contributed by atoms with Crippen molar-refractivity contribution in [2.24, 2.45) is 0 Å². The summed E-state index contributed by atoms with van der Waals surface area (Å²) in [4.78, 5) is 42.9. The van der Waals surface area contributed by atoms with Gasteiger partial charge in [0, 0.05) is 24.5 Å². The first-order valence-electron chi connectivity index (χ1n) is 7.53. The quantitative estimate of drug-likeness (QED) is 0.803. The molecule has 130 valence electrons. The van der Waals surface area contributed by atoms with Crippen LogP contribution in [-0.4, -0.2) is 33.9 Å². The summed E-state index contributed by atoms with van der Waals surface area (Å²) in [6, 6.07) is 6.55. The smallest absolute Gasteiger partial charge is 0.359 e. The normalized spacial score (nSPS) is 11.3. The molecule has 8 heteroatoms. The maximum Gasteiger partial charge on any atom is 0.359 e. The first-order valence-corrected chi connectivity index (χ1v) is 7.53. The highest BCUT2D eigenvalue weighted by Crippen LogP contribution is 2.14. The van der Waals surface area contributed by atoms with E-state index in [-0.39, 0.29) is 11.6 Å². The number of nitrogens with zero attached hydrogens (tertiary/aromatic N) is 2. The number of aromatic nitrogens is 2. The topological polar surface area (TPSA) is 110 Å². The first-order chi connectivity index (χ1) is 11.8. The van der Waals surface area contributed by atoms with E-state index in [9.17, 15) is 14.4 Å². The number of carbonyl (C=O) groups excluding carboxylic acids is 3. The molecule has 2 aromatic rings. The molecule has 0 saturated carbocycles. The van der Waals surface area contributed by atoms with Crippen molar-refractivity contribution in [3.63, 3.8) is 0 Å². The summed E-state index contributed by atoms with van der Waals surface area (Å²) in [5, 5.41) is 5.25. The van der Waals surface area contributed by atoms with Gasteiger partial charge in [-0.05, 0) is 38.1 Å². The fourth-order valence-electron chi connectivity index (χ4n) is 1.86. The van der Waals surface area contributed by atoms with Gasteiger partial charge < -0.3 is 15.4 Å². The number of amides is 2. The highest BCUT2D eigenvalue weighted by molar-refractivity contribution is 5.97. The number of ether oxygens (including phenoxy) is 1. The van der Waals surface area contributed by atoms with Crippen molar-refractivity contribution >= 4 is 29.2 Å². The molecule has 0 aliphatic rings. The lowest BCUT2D eigenvalue weighted by Gasteiger charge is -2.13. The van der Waals surface area contributed by atoms with Crippen molar-refractivity contribution in [3.05, 3.63) is 48.0 Å². The molecule has 0 saturated heterocycles. The SMILES string of the molecule is CC(=O)Nc1ccc(NC(=O)[C@@H](C)OC(=O)c2cnc(C)cn2)cc1. The Kier molecular flexibility index (Phi) is 5.78. The van der Waals surface area contributed by atoms with Gasteiger partial charge in [0.1, 0.15) is 0 Å². The Labute approximate surface area is 144 Å². The highest BCUT2D eigenvalue weighted by Gasteiger charge is 2.20. The van der Waals surface area contributed by atoms with E-state index >= 15 is 0 Å². The Hall–Kier alpha value is -3.29. The van der Waals surface area contributed by atoms with E-state index in [1.165, 1.54) is 26.2 Å². The zero-order valence-corrected chi connectivity index (χ0v) is 14.1. The molecule has 0 spiro atoms. The van der Waals surface area contributed by atoms with Gasteiger partial charge >= 0.3 is 5.97 Å². The third kappa shape index (κ3) is 5.38. The number of hydrogen-bond acceptors (Lipinski definition) is 6. The number of aryl methyl sites for hydroxylation is 1. The molecule has 2 amide bonds. The Balaban J connectivity index is 1.92. The van der Waals surface area contributed by atoms with Crippen LogP contribution in [0.15, 0.2) is 36.7 Å². The van der Waals surface area contributed by atoms with E-state index in [4.69, 9.17) is 4.74 Å². The third-order valence-corrected chi connectivity index (χ3v) is 3.12. The summed E-state index contributed by atoms with van der Waals surface area (Å²) in [5.74, 6) is -1.40. The van der Waals surface area contributed by atoms with Crippen LogP contribution in [0, 0.1) is 6.92 Å². The average Bonchev–Trinajstić information content (AvgIpc) is 2.56. The van der Waals surface area contributed by atoms with E-state index in [0.717, 1.165) is 0 Å². The molecular formula is C17H18N4O4. The van der Waals surface area contributed by atoms with E-state index < -0.39 is 18.0 Å². The fraction of sp³-hybridized carbons (Fsp3) is 0.235. The average molecular weight is 342 g/mol. The summed E-state index contributed by atoms with van der Waals surface area (Å²) < 4.78 is 5.08. The van der Waals surface area contributed by atoms with Gasteiger partial charge in [-0.3, -0.25) is 14.6 Å². The number of carbonyl (C=O) groups is 3. The van der Waals surface area contributed by atoms with Gasteiger partial charge in [-0.15, -0.1) is 0 Å². The minimum absolute atomic E-state index is 0.0323. The predicted molar refractivity (Wildman–Crippen MR) is 91.0 cm³/mol. The molecule has 1 heterocycles. The molecule has 0 aliphatic heterocycles.